The predicted octanol–water partition coefficient (Wildman–Crippen LogP) is 1.50. The smallest absolute Gasteiger partial charge is 0.0726 e. The normalized spacial score (nSPS) is 33.0. The van der Waals surface area contributed by atoms with Gasteiger partial charge in [0.25, 0.3) is 0 Å². The van der Waals surface area contributed by atoms with E-state index in [4.69, 9.17) is 5.11 Å². The Morgan fingerprint density at radius 1 is 1.67 bits per heavy atom. The summed E-state index contributed by atoms with van der Waals surface area (Å²) < 4.78 is 0. The average molecular weight is 124 g/mol. The number of hydrogen-bond donors (Lipinski definition) is 1. The molecule has 1 heteroatoms. The van der Waals surface area contributed by atoms with E-state index in [2.05, 4.69) is 12.7 Å². The van der Waals surface area contributed by atoms with Gasteiger partial charge in [0, 0.05) is 0 Å². The Hall–Kier alpha value is -0.560. The number of aliphatic hydroxyl groups excluding tert-OH is 1. The molecular formula is C8H12O. The number of aliphatic hydroxyl groups is 1. The van der Waals surface area contributed by atoms with E-state index >= 15 is 0 Å². The highest BCUT2D eigenvalue weighted by Crippen LogP contribution is 2.20. The van der Waals surface area contributed by atoms with Crippen LogP contribution in [-0.2, 0) is 0 Å². The maximum atomic E-state index is 9.01. The second-order valence-electron chi connectivity index (χ2n) is 2.47. The Kier molecular flexibility index (Phi) is 2.06. The molecule has 1 nitrogen and oxygen atoms in total. The third-order valence-electron chi connectivity index (χ3n) is 1.62. The van der Waals surface area contributed by atoms with Crippen LogP contribution in [0.1, 0.15) is 12.8 Å². The second-order valence-corrected chi connectivity index (χ2v) is 2.47. The van der Waals surface area contributed by atoms with E-state index in [0.717, 1.165) is 12.8 Å². The number of rotatable bonds is 2. The summed E-state index contributed by atoms with van der Waals surface area (Å²) >= 11 is 0. The van der Waals surface area contributed by atoms with Gasteiger partial charge in [-0.15, -0.1) is 6.58 Å². The zero-order valence-corrected chi connectivity index (χ0v) is 5.46. The van der Waals surface area contributed by atoms with E-state index in [9.17, 15) is 0 Å². The van der Waals surface area contributed by atoms with Crippen molar-refractivity contribution in [3.8, 4) is 0 Å². The summed E-state index contributed by atoms with van der Waals surface area (Å²) in [5.41, 5.74) is 0. The zero-order valence-electron chi connectivity index (χ0n) is 5.46. The summed E-state index contributed by atoms with van der Waals surface area (Å²) in [5.74, 6) is 0.539. The van der Waals surface area contributed by atoms with E-state index in [1.54, 1.807) is 0 Å². The number of allylic oxidation sites excluding steroid dienone is 2. The molecule has 1 aliphatic carbocycles. The molecule has 0 spiro atoms. The van der Waals surface area contributed by atoms with Crippen molar-refractivity contribution in [2.75, 3.05) is 0 Å². The maximum Gasteiger partial charge on any atom is 0.0726 e. The van der Waals surface area contributed by atoms with Crippen molar-refractivity contribution in [3.05, 3.63) is 24.8 Å². The van der Waals surface area contributed by atoms with Crippen molar-refractivity contribution in [1.29, 1.82) is 0 Å². The van der Waals surface area contributed by atoms with Crippen molar-refractivity contribution in [3.63, 3.8) is 0 Å². The first kappa shape index (κ1) is 6.56. The maximum absolute atomic E-state index is 9.01. The third kappa shape index (κ3) is 1.68. The molecule has 1 N–H and O–H groups in total. The van der Waals surface area contributed by atoms with Gasteiger partial charge >= 0.3 is 0 Å². The minimum absolute atomic E-state index is 0.199. The van der Waals surface area contributed by atoms with Crippen LogP contribution in [0.15, 0.2) is 24.8 Å². The Morgan fingerprint density at radius 2 is 2.44 bits per heavy atom. The number of hydrogen-bond acceptors (Lipinski definition) is 1. The summed E-state index contributed by atoms with van der Waals surface area (Å²) in [6, 6.07) is 0. The fourth-order valence-corrected chi connectivity index (χ4v) is 1.14. The SMILES string of the molecule is C=CC[C@H]1C=C[C@@H](O)C1. The molecule has 0 aromatic heterocycles. The first-order valence-corrected chi connectivity index (χ1v) is 3.30. The minimum atomic E-state index is -0.199. The van der Waals surface area contributed by atoms with Crippen LogP contribution in [0.4, 0.5) is 0 Å². The molecule has 0 heterocycles. The van der Waals surface area contributed by atoms with E-state index in [0.29, 0.717) is 5.92 Å². The molecule has 0 radical (unpaired) electrons. The molecule has 0 amide bonds. The third-order valence-corrected chi connectivity index (χ3v) is 1.62. The van der Waals surface area contributed by atoms with Crippen LogP contribution >= 0.6 is 0 Å². The summed E-state index contributed by atoms with van der Waals surface area (Å²) in [4.78, 5) is 0. The Balaban J connectivity index is 2.31. The molecule has 0 fully saturated rings. The average Bonchev–Trinajstić information content (AvgIpc) is 2.17. The lowest BCUT2D eigenvalue weighted by Gasteiger charge is -2.02. The van der Waals surface area contributed by atoms with E-state index in [1.807, 2.05) is 12.2 Å². The van der Waals surface area contributed by atoms with Gasteiger partial charge in [-0.05, 0) is 18.8 Å². The first-order valence-electron chi connectivity index (χ1n) is 3.30. The Labute approximate surface area is 55.7 Å². The van der Waals surface area contributed by atoms with Crippen LogP contribution in [0.3, 0.4) is 0 Å². The van der Waals surface area contributed by atoms with Gasteiger partial charge in [-0.3, -0.25) is 0 Å². The summed E-state index contributed by atoms with van der Waals surface area (Å²) in [5, 5.41) is 9.01. The lowest BCUT2D eigenvalue weighted by molar-refractivity contribution is 0.210. The standard InChI is InChI=1S/C8H12O/c1-2-3-7-4-5-8(9)6-7/h2,4-5,7-9H,1,3,6H2/t7-,8+/m0/s1. The van der Waals surface area contributed by atoms with Crippen molar-refractivity contribution in [2.45, 2.75) is 18.9 Å². The topological polar surface area (TPSA) is 20.2 Å². The fourth-order valence-electron chi connectivity index (χ4n) is 1.14. The summed E-state index contributed by atoms with van der Waals surface area (Å²) in [6.45, 7) is 3.63. The van der Waals surface area contributed by atoms with Crippen molar-refractivity contribution >= 4 is 0 Å². The van der Waals surface area contributed by atoms with E-state index < -0.39 is 0 Å². The largest absolute Gasteiger partial charge is 0.389 e. The Bertz CT molecular complexity index is 127. The summed E-state index contributed by atoms with van der Waals surface area (Å²) in [6.07, 6.45) is 7.49. The molecule has 0 saturated carbocycles. The summed E-state index contributed by atoms with van der Waals surface area (Å²) in [7, 11) is 0. The van der Waals surface area contributed by atoms with Gasteiger partial charge in [0.2, 0.25) is 0 Å². The van der Waals surface area contributed by atoms with Gasteiger partial charge in [-0.25, -0.2) is 0 Å². The van der Waals surface area contributed by atoms with Crippen LogP contribution in [0.2, 0.25) is 0 Å². The zero-order chi connectivity index (χ0) is 6.69. The molecule has 9 heavy (non-hydrogen) atoms. The minimum Gasteiger partial charge on any atom is -0.389 e. The highest BCUT2D eigenvalue weighted by atomic mass is 16.3. The highest BCUT2D eigenvalue weighted by molar-refractivity contribution is 5.03. The lowest BCUT2D eigenvalue weighted by Crippen LogP contribution is -2.00. The van der Waals surface area contributed by atoms with Gasteiger partial charge in [0.1, 0.15) is 0 Å². The second kappa shape index (κ2) is 2.83. The van der Waals surface area contributed by atoms with Gasteiger partial charge in [0.05, 0.1) is 6.10 Å². The molecule has 1 rings (SSSR count). The molecular weight excluding hydrogens is 112 g/mol. The Morgan fingerprint density at radius 3 is 2.89 bits per heavy atom. The highest BCUT2D eigenvalue weighted by Gasteiger charge is 2.13. The van der Waals surface area contributed by atoms with Gasteiger partial charge in [-0.1, -0.05) is 18.2 Å². The van der Waals surface area contributed by atoms with Crippen LogP contribution in [0, 0.1) is 5.92 Å². The lowest BCUT2D eigenvalue weighted by atomic mass is 10.1. The van der Waals surface area contributed by atoms with Crippen LogP contribution in [-0.4, -0.2) is 11.2 Å². The molecule has 2 atom stereocenters. The van der Waals surface area contributed by atoms with E-state index in [1.165, 1.54) is 0 Å². The molecule has 0 unspecified atom stereocenters. The van der Waals surface area contributed by atoms with Crippen molar-refractivity contribution in [1.82, 2.24) is 0 Å². The van der Waals surface area contributed by atoms with Gasteiger partial charge in [-0.2, -0.15) is 0 Å². The molecule has 0 aromatic carbocycles. The van der Waals surface area contributed by atoms with Crippen LogP contribution in [0.25, 0.3) is 0 Å². The van der Waals surface area contributed by atoms with Crippen molar-refractivity contribution < 1.29 is 5.11 Å². The predicted molar refractivity (Wildman–Crippen MR) is 38.1 cm³/mol. The molecule has 0 saturated heterocycles. The molecule has 0 bridgehead atoms. The van der Waals surface area contributed by atoms with Gasteiger partial charge < -0.3 is 5.11 Å². The van der Waals surface area contributed by atoms with Gasteiger partial charge in [0.15, 0.2) is 0 Å². The van der Waals surface area contributed by atoms with Crippen LogP contribution in [0.5, 0.6) is 0 Å². The van der Waals surface area contributed by atoms with Crippen LogP contribution < -0.4 is 0 Å². The molecule has 1 aliphatic rings. The monoisotopic (exact) mass is 124 g/mol. The first-order chi connectivity index (χ1) is 4.33. The fraction of sp³-hybridized carbons (Fsp3) is 0.500. The van der Waals surface area contributed by atoms with Crippen molar-refractivity contribution in [2.24, 2.45) is 5.92 Å². The molecule has 50 valence electrons. The molecule has 0 aromatic rings. The van der Waals surface area contributed by atoms with E-state index in [-0.39, 0.29) is 6.10 Å². The quantitative estimate of drug-likeness (QED) is 0.553. The molecule has 0 aliphatic heterocycles.